The molecular formula is C11H24N2O. The van der Waals surface area contributed by atoms with Gasteiger partial charge in [-0.15, -0.1) is 0 Å². The van der Waals surface area contributed by atoms with E-state index in [0.29, 0.717) is 12.0 Å². The van der Waals surface area contributed by atoms with E-state index in [-0.39, 0.29) is 6.10 Å². The average Bonchev–Trinajstić information content (AvgIpc) is 2.61. The number of hydrogen-bond acceptors (Lipinski definition) is 3. The maximum Gasteiger partial charge on any atom is 0.0639 e. The summed E-state index contributed by atoms with van der Waals surface area (Å²) in [6, 6.07) is 0.611. The van der Waals surface area contributed by atoms with Gasteiger partial charge in [0.1, 0.15) is 0 Å². The molecule has 0 spiro atoms. The van der Waals surface area contributed by atoms with Gasteiger partial charge in [0.25, 0.3) is 0 Å². The molecule has 0 aliphatic heterocycles. The second-order valence-electron chi connectivity index (χ2n) is 4.43. The molecule has 1 aliphatic carbocycles. The molecule has 1 aliphatic rings. The van der Waals surface area contributed by atoms with Crippen LogP contribution < -0.4 is 5.73 Å². The zero-order valence-electron chi connectivity index (χ0n) is 9.45. The molecule has 2 unspecified atom stereocenters. The van der Waals surface area contributed by atoms with E-state index >= 15 is 0 Å². The van der Waals surface area contributed by atoms with E-state index in [4.69, 9.17) is 5.73 Å². The van der Waals surface area contributed by atoms with Gasteiger partial charge in [-0.1, -0.05) is 13.3 Å². The summed E-state index contributed by atoms with van der Waals surface area (Å²) in [7, 11) is 0. The molecule has 0 radical (unpaired) electrons. The molecule has 84 valence electrons. The van der Waals surface area contributed by atoms with Crippen LogP contribution in [0.2, 0.25) is 0 Å². The Hall–Kier alpha value is -0.120. The minimum absolute atomic E-state index is 0.228. The lowest BCUT2D eigenvalue weighted by molar-refractivity contribution is 0.0884. The summed E-state index contributed by atoms with van der Waals surface area (Å²) >= 11 is 0. The van der Waals surface area contributed by atoms with E-state index in [2.05, 4.69) is 11.8 Å². The van der Waals surface area contributed by atoms with E-state index in [9.17, 15) is 5.11 Å². The average molecular weight is 200 g/mol. The Bertz CT molecular complexity index is 161. The molecule has 0 heterocycles. The molecule has 3 N–H and O–H groups in total. The Morgan fingerprint density at radius 2 is 2.21 bits per heavy atom. The second kappa shape index (κ2) is 5.69. The van der Waals surface area contributed by atoms with Gasteiger partial charge in [0.2, 0.25) is 0 Å². The Morgan fingerprint density at radius 1 is 1.50 bits per heavy atom. The molecule has 0 saturated heterocycles. The maximum absolute atomic E-state index is 9.40. The smallest absolute Gasteiger partial charge is 0.0639 e. The molecule has 0 bridgehead atoms. The van der Waals surface area contributed by atoms with E-state index in [1.54, 1.807) is 0 Å². The predicted octanol–water partition coefficient (Wildman–Crippen LogP) is 0.816. The van der Waals surface area contributed by atoms with Crippen molar-refractivity contribution in [2.75, 3.05) is 19.6 Å². The second-order valence-corrected chi connectivity index (χ2v) is 4.43. The number of aliphatic hydroxyl groups is 1. The third-order valence-corrected chi connectivity index (χ3v) is 3.30. The van der Waals surface area contributed by atoms with E-state index < -0.39 is 0 Å². The van der Waals surface area contributed by atoms with Crippen molar-refractivity contribution in [3.63, 3.8) is 0 Å². The van der Waals surface area contributed by atoms with Crippen LogP contribution in [-0.4, -0.2) is 41.8 Å². The minimum Gasteiger partial charge on any atom is -0.392 e. The molecule has 14 heavy (non-hydrogen) atoms. The van der Waals surface area contributed by atoms with Crippen molar-refractivity contribution >= 4 is 0 Å². The number of nitrogens with zero attached hydrogens (tertiary/aromatic N) is 1. The van der Waals surface area contributed by atoms with Crippen LogP contribution in [-0.2, 0) is 0 Å². The summed E-state index contributed by atoms with van der Waals surface area (Å²) in [6.45, 7) is 6.62. The van der Waals surface area contributed by atoms with Gasteiger partial charge in [-0.05, 0) is 38.8 Å². The molecule has 0 amide bonds. The fourth-order valence-electron chi connectivity index (χ4n) is 2.61. The Balaban J connectivity index is 2.49. The van der Waals surface area contributed by atoms with Gasteiger partial charge in [-0.25, -0.2) is 0 Å². The van der Waals surface area contributed by atoms with Crippen LogP contribution in [0.5, 0.6) is 0 Å². The van der Waals surface area contributed by atoms with Crippen LogP contribution in [0.15, 0.2) is 0 Å². The van der Waals surface area contributed by atoms with Crippen molar-refractivity contribution in [2.24, 2.45) is 11.7 Å². The third kappa shape index (κ3) is 2.94. The standard InChI is InChI=1S/C11H24N2O/c1-3-13(8-9(2)14)11-6-4-5-10(11)7-12/h9-11,14H,3-8,12H2,1-2H3/t9-,10?,11?/m0/s1. The number of nitrogens with two attached hydrogens (primary N) is 1. The molecule has 3 nitrogen and oxygen atoms in total. The molecule has 0 aromatic heterocycles. The molecule has 0 aromatic carbocycles. The summed E-state index contributed by atoms with van der Waals surface area (Å²) in [6.07, 6.45) is 3.58. The lowest BCUT2D eigenvalue weighted by atomic mass is 10.0. The van der Waals surface area contributed by atoms with Crippen LogP contribution in [0.1, 0.15) is 33.1 Å². The Kier molecular flexibility index (Phi) is 4.85. The van der Waals surface area contributed by atoms with Crippen LogP contribution in [0, 0.1) is 5.92 Å². The van der Waals surface area contributed by atoms with Gasteiger partial charge in [0, 0.05) is 12.6 Å². The van der Waals surface area contributed by atoms with Gasteiger partial charge in [0.05, 0.1) is 6.10 Å². The summed E-state index contributed by atoms with van der Waals surface area (Å²) in [4.78, 5) is 2.38. The summed E-state index contributed by atoms with van der Waals surface area (Å²) in [5, 5.41) is 9.40. The van der Waals surface area contributed by atoms with Crippen LogP contribution >= 0.6 is 0 Å². The molecule has 1 fully saturated rings. The lowest BCUT2D eigenvalue weighted by Gasteiger charge is -2.32. The lowest BCUT2D eigenvalue weighted by Crippen LogP contribution is -2.43. The van der Waals surface area contributed by atoms with Crippen molar-refractivity contribution in [3.05, 3.63) is 0 Å². The summed E-state index contributed by atoms with van der Waals surface area (Å²) < 4.78 is 0. The molecule has 1 rings (SSSR count). The van der Waals surface area contributed by atoms with Crippen molar-refractivity contribution in [3.8, 4) is 0 Å². The third-order valence-electron chi connectivity index (χ3n) is 3.30. The normalized spacial score (nSPS) is 29.8. The van der Waals surface area contributed by atoms with E-state index in [0.717, 1.165) is 19.6 Å². The summed E-state index contributed by atoms with van der Waals surface area (Å²) in [5.41, 5.74) is 5.76. The minimum atomic E-state index is -0.228. The fourth-order valence-corrected chi connectivity index (χ4v) is 2.61. The van der Waals surface area contributed by atoms with Gasteiger partial charge in [0.15, 0.2) is 0 Å². The Labute approximate surface area is 87.3 Å². The zero-order valence-corrected chi connectivity index (χ0v) is 9.45. The first-order valence-electron chi connectivity index (χ1n) is 5.81. The highest BCUT2D eigenvalue weighted by molar-refractivity contribution is 4.86. The quantitative estimate of drug-likeness (QED) is 0.690. The van der Waals surface area contributed by atoms with Crippen LogP contribution in [0.4, 0.5) is 0 Å². The first kappa shape index (κ1) is 12.0. The van der Waals surface area contributed by atoms with Gasteiger partial charge >= 0.3 is 0 Å². The maximum atomic E-state index is 9.40. The monoisotopic (exact) mass is 200 g/mol. The van der Waals surface area contributed by atoms with E-state index in [1.807, 2.05) is 6.92 Å². The number of likely N-dealkylation sites (N-methyl/N-ethyl adjacent to an activating group) is 1. The molecule has 0 aromatic rings. The van der Waals surface area contributed by atoms with Crippen LogP contribution in [0.25, 0.3) is 0 Å². The van der Waals surface area contributed by atoms with E-state index in [1.165, 1.54) is 19.3 Å². The first-order chi connectivity index (χ1) is 6.69. The highest BCUT2D eigenvalue weighted by Gasteiger charge is 2.30. The summed E-state index contributed by atoms with van der Waals surface area (Å²) in [5.74, 6) is 0.647. The van der Waals surface area contributed by atoms with Gasteiger partial charge < -0.3 is 10.8 Å². The molecule has 3 heteroatoms. The largest absolute Gasteiger partial charge is 0.392 e. The van der Waals surface area contributed by atoms with Gasteiger partial charge in [-0.3, -0.25) is 4.90 Å². The number of hydrogen-bond donors (Lipinski definition) is 2. The first-order valence-corrected chi connectivity index (χ1v) is 5.81. The van der Waals surface area contributed by atoms with Crippen LogP contribution in [0.3, 0.4) is 0 Å². The van der Waals surface area contributed by atoms with Crippen molar-refractivity contribution < 1.29 is 5.11 Å². The predicted molar refractivity (Wildman–Crippen MR) is 59.1 cm³/mol. The highest BCUT2D eigenvalue weighted by atomic mass is 16.3. The Morgan fingerprint density at radius 3 is 2.71 bits per heavy atom. The highest BCUT2D eigenvalue weighted by Crippen LogP contribution is 2.29. The fraction of sp³-hybridized carbons (Fsp3) is 1.00. The van der Waals surface area contributed by atoms with Crippen molar-refractivity contribution in [2.45, 2.75) is 45.3 Å². The molecular weight excluding hydrogens is 176 g/mol. The van der Waals surface area contributed by atoms with Crippen molar-refractivity contribution in [1.29, 1.82) is 0 Å². The molecule has 3 atom stereocenters. The van der Waals surface area contributed by atoms with Gasteiger partial charge in [-0.2, -0.15) is 0 Å². The van der Waals surface area contributed by atoms with Crippen molar-refractivity contribution in [1.82, 2.24) is 4.90 Å². The topological polar surface area (TPSA) is 49.5 Å². The number of rotatable bonds is 5. The molecule has 1 saturated carbocycles. The SMILES string of the molecule is CCN(C[C@H](C)O)C1CCCC1CN. The number of aliphatic hydroxyl groups excluding tert-OH is 1. The zero-order chi connectivity index (χ0) is 10.6.